The highest BCUT2D eigenvalue weighted by molar-refractivity contribution is 6.08. The molecule has 1 amide bonds. The van der Waals surface area contributed by atoms with Gasteiger partial charge in [-0.25, -0.2) is 5.06 Å². The summed E-state index contributed by atoms with van der Waals surface area (Å²) in [5, 5.41) is 20.7. The topological polar surface area (TPSA) is 60.8 Å². The Morgan fingerprint density at radius 3 is 2.56 bits per heavy atom. The Balaban J connectivity index is 2.75. The van der Waals surface area contributed by atoms with Crippen LogP contribution in [0.15, 0.2) is 36.4 Å². The largest absolute Gasteiger partial charge is 0.507 e. The molecule has 0 atom stereocenters. The SMILES string of the molecule is CN(O)C(=O)c1c(O)ccc2ccccc12. The molecule has 16 heavy (non-hydrogen) atoms. The maximum Gasteiger partial charge on any atom is 0.281 e. The number of carbonyl (C=O) groups excluding carboxylic acids is 1. The number of nitrogens with zero attached hydrogens (tertiary/aromatic N) is 1. The summed E-state index contributed by atoms with van der Waals surface area (Å²) in [4.78, 5) is 11.7. The number of carbonyl (C=O) groups is 1. The summed E-state index contributed by atoms with van der Waals surface area (Å²) < 4.78 is 0. The van der Waals surface area contributed by atoms with Gasteiger partial charge >= 0.3 is 0 Å². The fourth-order valence-electron chi connectivity index (χ4n) is 1.65. The number of phenolic OH excluding ortho intramolecular Hbond substituents is 1. The van der Waals surface area contributed by atoms with Crippen LogP contribution in [0.1, 0.15) is 10.4 Å². The summed E-state index contributed by atoms with van der Waals surface area (Å²) in [7, 11) is 1.23. The van der Waals surface area contributed by atoms with Crippen LogP contribution in [0.3, 0.4) is 0 Å². The first kappa shape index (κ1) is 10.4. The van der Waals surface area contributed by atoms with E-state index in [1.807, 2.05) is 12.1 Å². The minimum atomic E-state index is -0.630. The minimum Gasteiger partial charge on any atom is -0.507 e. The molecule has 0 aliphatic carbocycles. The third-order valence-electron chi connectivity index (χ3n) is 2.41. The molecule has 2 aromatic rings. The van der Waals surface area contributed by atoms with Crippen LogP contribution in [0.5, 0.6) is 5.75 Å². The van der Waals surface area contributed by atoms with Gasteiger partial charge in [0.05, 0.1) is 5.56 Å². The Morgan fingerprint density at radius 2 is 1.88 bits per heavy atom. The number of amides is 1. The maximum atomic E-state index is 11.7. The fourth-order valence-corrected chi connectivity index (χ4v) is 1.65. The van der Waals surface area contributed by atoms with E-state index in [-0.39, 0.29) is 11.3 Å². The van der Waals surface area contributed by atoms with E-state index in [1.54, 1.807) is 18.2 Å². The lowest BCUT2D eigenvalue weighted by Gasteiger charge is -2.12. The molecule has 0 saturated heterocycles. The summed E-state index contributed by atoms with van der Waals surface area (Å²) in [6.45, 7) is 0. The van der Waals surface area contributed by atoms with Gasteiger partial charge in [-0.05, 0) is 16.8 Å². The van der Waals surface area contributed by atoms with E-state index in [1.165, 1.54) is 13.1 Å². The third-order valence-corrected chi connectivity index (χ3v) is 2.41. The molecule has 2 N–H and O–H groups in total. The number of phenols is 1. The van der Waals surface area contributed by atoms with Crippen molar-refractivity contribution in [3.8, 4) is 5.75 Å². The van der Waals surface area contributed by atoms with E-state index in [2.05, 4.69) is 0 Å². The van der Waals surface area contributed by atoms with Crippen molar-refractivity contribution in [1.82, 2.24) is 5.06 Å². The van der Waals surface area contributed by atoms with Crippen molar-refractivity contribution in [2.45, 2.75) is 0 Å². The monoisotopic (exact) mass is 217 g/mol. The Labute approximate surface area is 92.3 Å². The highest BCUT2D eigenvalue weighted by atomic mass is 16.5. The van der Waals surface area contributed by atoms with Gasteiger partial charge in [0, 0.05) is 7.05 Å². The molecule has 0 spiro atoms. The molecule has 0 fully saturated rings. The lowest BCUT2D eigenvalue weighted by atomic mass is 10.0. The molecule has 2 aromatic carbocycles. The average Bonchev–Trinajstić information content (AvgIpc) is 2.28. The van der Waals surface area contributed by atoms with E-state index in [4.69, 9.17) is 5.21 Å². The molecular weight excluding hydrogens is 206 g/mol. The second kappa shape index (κ2) is 3.83. The number of hydroxylamine groups is 2. The lowest BCUT2D eigenvalue weighted by Crippen LogP contribution is -2.22. The summed E-state index contributed by atoms with van der Waals surface area (Å²) in [5.74, 6) is -0.765. The van der Waals surface area contributed by atoms with Gasteiger partial charge in [0.1, 0.15) is 5.75 Å². The predicted octanol–water partition coefficient (Wildman–Crippen LogP) is 2.01. The van der Waals surface area contributed by atoms with Crippen LogP contribution < -0.4 is 0 Å². The van der Waals surface area contributed by atoms with Crippen LogP contribution in [0.4, 0.5) is 0 Å². The van der Waals surface area contributed by atoms with Gasteiger partial charge in [-0.15, -0.1) is 0 Å². The first-order chi connectivity index (χ1) is 7.61. The van der Waals surface area contributed by atoms with Crippen LogP contribution in [0, 0.1) is 0 Å². The Hall–Kier alpha value is -2.07. The Morgan fingerprint density at radius 1 is 1.19 bits per heavy atom. The number of fused-ring (bicyclic) bond motifs is 1. The van der Waals surface area contributed by atoms with Gasteiger partial charge in [-0.2, -0.15) is 0 Å². The van der Waals surface area contributed by atoms with Crippen LogP contribution in [-0.2, 0) is 0 Å². The summed E-state index contributed by atoms with van der Waals surface area (Å²) >= 11 is 0. The molecule has 4 heteroatoms. The van der Waals surface area contributed by atoms with E-state index < -0.39 is 5.91 Å². The summed E-state index contributed by atoms with van der Waals surface area (Å²) in [6.07, 6.45) is 0. The van der Waals surface area contributed by atoms with Crippen LogP contribution in [0.2, 0.25) is 0 Å². The van der Waals surface area contributed by atoms with Crippen molar-refractivity contribution in [3.63, 3.8) is 0 Å². The summed E-state index contributed by atoms with van der Waals surface area (Å²) in [5.41, 5.74) is 0.114. The minimum absolute atomic E-state index is 0.114. The first-order valence-corrected chi connectivity index (χ1v) is 4.79. The van der Waals surface area contributed by atoms with Crippen LogP contribution >= 0.6 is 0 Å². The molecule has 0 aliphatic heterocycles. The molecule has 0 radical (unpaired) electrons. The highest BCUT2D eigenvalue weighted by Gasteiger charge is 2.17. The van der Waals surface area contributed by atoms with Crippen molar-refractivity contribution >= 4 is 16.7 Å². The molecule has 2 rings (SSSR count). The first-order valence-electron chi connectivity index (χ1n) is 4.79. The number of hydrogen-bond donors (Lipinski definition) is 2. The Bertz CT molecular complexity index is 549. The van der Waals surface area contributed by atoms with Crippen molar-refractivity contribution in [2.24, 2.45) is 0 Å². The van der Waals surface area contributed by atoms with Crippen molar-refractivity contribution < 1.29 is 15.1 Å². The van der Waals surface area contributed by atoms with E-state index in [9.17, 15) is 9.90 Å². The molecule has 82 valence electrons. The highest BCUT2D eigenvalue weighted by Crippen LogP contribution is 2.27. The molecule has 0 bridgehead atoms. The summed E-state index contributed by atoms with van der Waals surface area (Å²) in [6, 6.07) is 10.3. The molecular formula is C12H11NO3. The van der Waals surface area contributed by atoms with Crippen molar-refractivity contribution in [2.75, 3.05) is 7.05 Å². The maximum absolute atomic E-state index is 11.7. The predicted molar refractivity (Wildman–Crippen MR) is 59.5 cm³/mol. The zero-order valence-electron chi connectivity index (χ0n) is 8.71. The molecule has 0 aromatic heterocycles. The van der Waals surface area contributed by atoms with E-state index >= 15 is 0 Å². The van der Waals surface area contributed by atoms with Crippen LogP contribution in [-0.4, -0.2) is 28.3 Å². The number of rotatable bonds is 1. The third kappa shape index (κ3) is 1.59. The number of hydrogen-bond acceptors (Lipinski definition) is 3. The quantitative estimate of drug-likeness (QED) is 0.567. The van der Waals surface area contributed by atoms with E-state index in [0.29, 0.717) is 10.4 Å². The Kier molecular flexibility index (Phi) is 2.50. The second-order valence-electron chi connectivity index (χ2n) is 3.51. The zero-order chi connectivity index (χ0) is 11.7. The smallest absolute Gasteiger partial charge is 0.281 e. The molecule has 4 nitrogen and oxygen atoms in total. The lowest BCUT2D eigenvalue weighted by molar-refractivity contribution is -0.0375. The normalized spacial score (nSPS) is 10.4. The zero-order valence-corrected chi connectivity index (χ0v) is 8.71. The van der Waals surface area contributed by atoms with Crippen molar-refractivity contribution in [3.05, 3.63) is 42.0 Å². The van der Waals surface area contributed by atoms with Gasteiger partial charge in [0.15, 0.2) is 0 Å². The average molecular weight is 217 g/mol. The van der Waals surface area contributed by atoms with Gasteiger partial charge in [0.25, 0.3) is 5.91 Å². The van der Waals surface area contributed by atoms with Crippen molar-refractivity contribution in [1.29, 1.82) is 0 Å². The molecule has 0 aliphatic rings. The standard InChI is InChI=1S/C12H11NO3/c1-13(16)12(15)11-9-5-3-2-4-8(9)6-7-10(11)14/h2-7,14,16H,1H3. The molecule has 0 heterocycles. The van der Waals surface area contributed by atoms with Gasteiger partial charge in [-0.3, -0.25) is 10.0 Å². The molecule has 0 unspecified atom stereocenters. The van der Waals surface area contributed by atoms with Gasteiger partial charge in [-0.1, -0.05) is 30.3 Å². The van der Waals surface area contributed by atoms with Gasteiger partial charge in [0.2, 0.25) is 0 Å². The second-order valence-corrected chi connectivity index (χ2v) is 3.51. The van der Waals surface area contributed by atoms with Crippen LogP contribution in [0.25, 0.3) is 10.8 Å². The fraction of sp³-hybridized carbons (Fsp3) is 0.0833. The number of aromatic hydroxyl groups is 1. The van der Waals surface area contributed by atoms with Gasteiger partial charge < -0.3 is 5.11 Å². The molecule has 0 saturated carbocycles. The number of benzene rings is 2. The van der Waals surface area contributed by atoms with E-state index in [0.717, 1.165) is 5.39 Å².